The first kappa shape index (κ1) is 20.4. The number of aromatic amines is 1. The first-order chi connectivity index (χ1) is 16.6. The van der Waals surface area contributed by atoms with Gasteiger partial charge in [0.1, 0.15) is 12.4 Å². The number of anilines is 1. The van der Waals surface area contributed by atoms with Crippen molar-refractivity contribution in [1.82, 2.24) is 44.4 Å². The zero-order chi connectivity index (χ0) is 23.2. The van der Waals surface area contributed by atoms with E-state index in [0.29, 0.717) is 35.4 Å². The van der Waals surface area contributed by atoms with Crippen LogP contribution in [0.2, 0.25) is 0 Å². The molecule has 34 heavy (non-hydrogen) atoms. The number of carbonyl (C=O) groups excluding carboxylic acids is 1. The van der Waals surface area contributed by atoms with Gasteiger partial charge in [-0.2, -0.15) is 10.2 Å². The van der Waals surface area contributed by atoms with Crippen molar-refractivity contribution >= 4 is 23.0 Å². The van der Waals surface area contributed by atoms with Crippen molar-refractivity contribution in [2.45, 2.75) is 32.3 Å². The molecule has 0 radical (unpaired) electrons. The average molecular weight is 458 g/mol. The predicted octanol–water partition coefficient (Wildman–Crippen LogP) is 2.20. The van der Waals surface area contributed by atoms with Gasteiger partial charge in [-0.25, -0.2) is 14.5 Å². The summed E-state index contributed by atoms with van der Waals surface area (Å²) in [4.78, 5) is 21.0. The fraction of sp³-hybridized carbons (Fsp3) is 0.318. The second-order valence-electron chi connectivity index (χ2n) is 8.42. The molecule has 0 aromatic carbocycles. The third-order valence-corrected chi connectivity index (χ3v) is 5.87. The smallest absolute Gasteiger partial charge is 0.228 e. The maximum absolute atomic E-state index is 12.1. The maximum Gasteiger partial charge on any atom is 0.228 e. The number of fused-ring (bicyclic) bond motifs is 2. The van der Waals surface area contributed by atoms with Crippen LogP contribution in [0.25, 0.3) is 22.7 Å². The molecule has 1 fully saturated rings. The minimum atomic E-state index is -0.155. The Morgan fingerprint density at radius 1 is 1.18 bits per heavy atom. The lowest BCUT2D eigenvalue weighted by atomic mass is 10.1. The van der Waals surface area contributed by atoms with Crippen LogP contribution in [0.3, 0.4) is 0 Å². The van der Waals surface area contributed by atoms with Gasteiger partial charge in [0.25, 0.3) is 0 Å². The fourth-order valence-electron chi connectivity index (χ4n) is 3.86. The van der Waals surface area contributed by atoms with Crippen LogP contribution >= 0.6 is 0 Å². The number of imidazole rings is 1. The lowest BCUT2D eigenvalue weighted by molar-refractivity contribution is -0.117. The van der Waals surface area contributed by atoms with Gasteiger partial charge in [0, 0.05) is 24.8 Å². The summed E-state index contributed by atoms with van der Waals surface area (Å²) in [5.74, 6) is 2.44. The van der Waals surface area contributed by atoms with Crippen molar-refractivity contribution < 1.29 is 9.53 Å². The van der Waals surface area contributed by atoms with E-state index in [1.165, 1.54) is 0 Å². The van der Waals surface area contributed by atoms with E-state index in [0.717, 1.165) is 29.9 Å². The Labute approximate surface area is 193 Å². The van der Waals surface area contributed by atoms with Crippen LogP contribution in [0.4, 0.5) is 5.82 Å². The molecule has 6 rings (SSSR count). The highest BCUT2D eigenvalue weighted by Gasteiger charge is 2.30. The van der Waals surface area contributed by atoms with Gasteiger partial charge < -0.3 is 10.1 Å². The summed E-state index contributed by atoms with van der Waals surface area (Å²) in [6.07, 6.45) is 5.53. The standard InChI is InChI=1S/C22H22N10O2/c1-12(15-6-8-18-23-16(10-32(18)30-15)25-22(33)13-3-4-13)21-29-27-19-7-5-14(9-31(19)21)20-24-17(11-34-2)26-28-20/h5-10,12-13H,3-4,11H2,1-2H3,(H,25,33)(H,24,26,28). The van der Waals surface area contributed by atoms with Crippen molar-refractivity contribution in [3.8, 4) is 11.4 Å². The van der Waals surface area contributed by atoms with E-state index in [4.69, 9.17) is 9.84 Å². The molecule has 172 valence electrons. The van der Waals surface area contributed by atoms with Crippen molar-refractivity contribution in [1.29, 1.82) is 0 Å². The summed E-state index contributed by atoms with van der Waals surface area (Å²) in [6.45, 7) is 2.38. The van der Waals surface area contributed by atoms with Crippen LogP contribution in [-0.2, 0) is 16.1 Å². The third kappa shape index (κ3) is 3.67. The monoisotopic (exact) mass is 458 g/mol. The highest BCUT2D eigenvalue weighted by atomic mass is 16.5. The number of ether oxygens (including phenoxy) is 1. The van der Waals surface area contributed by atoms with Crippen LogP contribution in [0.5, 0.6) is 0 Å². The summed E-state index contributed by atoms with van der Waals surface area (Å²) in [5, 5.41) is 23.5. The van der Waals surface area contributed by atoms with E-state index in [1.807, 2.05) is 41.8 Å². The number of amides is 1. The lowest BCUT2D eigenvalue weighted by Gasteiger charge is -2.10. The first-order valence-electron chi connectivity index (χ1n) is 11.0. The summed E-state index contributed by atoms with van der Waals surface area (Å²) < 4.78 is 8.70. The van der Waals surface area contributed by atoms with E-state index in [1.54, 1.807) is 17.8 Å². The molecule has 2 N–H and O–H groups in total. The number of hydrogen-bond donors (Lipinski definition) is 2. The van der Waals surface area contributed by atoms with Crippen LogP contribution in [0.1, 0.15) is 43.0 Å². The van der Waals surface area contributed by atoms with Crippen molar-refractivity contribution in [2.75, 3.05) is 12.4 Å². The summed E-state index contributed by atoms with van der Waals surface area (Å²) in [5.41, 5.74) is 3.00. The van der Waals surface area contributed by atoms with E-state index in [9.17, 15) is 4.79 Å². The normalized spacial score (nSPS) is 14.6. The molecule has 5 aromatic heterocycles. The van der Waals surface area contributed by atoms with Gasteiger partial charge in [0.05, 0.1) is 17.8 Å². The minimum Gasteiger partial charge on any atom is -0.377 e. The van der Waals surface area contributed by atoms with Gasteiger partial charge >= 0.3 is 0 Å². The van der Waals surface area contributed by atoms with E-state index in [2.05, 4.69) is 35.7 Å². The number of methoxy groups -OCH3 is 1. The van der Waals surface area contributed by atoms with Gasteiger partial charge in [-0.15, -0.1) is 10.2 Å². The van der Waals surface area contributed by atoms with Crippen LogP contribution < -0.4 is 5.32 Å². The van der Waals surface area contributed by atoms with E-state index >= 15 is 0 Å². The van der Waals surface area contributed by atoms with Crippen LogP contribution in [0, 0.1) is 5.92 Å². The average Bonchev–Trinajstić information content (AvgIpc) is 3.25. The molecule has 0 aliphatic heterocycles. The number of H-pyrrole nitrogens is 1. The first-order valence-corrected chi connectivity index (χ1v) is 11.0. The Hall–Kier alpha value is -4.19. The van der Waals surface area contributed by atoms with E-state index < -0.39 is 0 Å². The minimum absolute atomic E-state index is 0.0171. The summed E-state index contributed by atoms with van der Waals surface area (Å²) in [7, 11) is 1.61. The van der Waals surface area contributed by atoms with Gasteiger partial charge in [0.2, 0.25) is 5.91 Å². The molecule has 12 nitrogen and oxygen atoms in total. The van der Waals surface area contributed by atoms with Gasteiger partial charge in [-0.3, -0.25) is 14.3 Å². The molecule has 5 aromatic rings. The number of pyridine rings is 1. The molecule has 12 heteroatoms. The van der Waals surface area contributed by atoms with Gasteiger partial charge in [0.15, 0.2) is 28.8 Å². The quantitative estimate of drug-likeness (QED) is 0.378. The molecule has 0 bridgehead atoms. The Balaban J connectivity index is 1.30. The SMILES string of the molecule is COCc1nc(-c2ccc3nnc(C(C)c4ccc5nc(NC(=O)C6CC6)cn5n4)n3c2)n[nH]1. The zero-order valence-corrected chi connectivity index (χ0v) is 18.6. The molecular formula is C22H22N10O2. The Morgan fingerprint density at radius 3 is 2.85 bits per heavy atom. The van der Waals surface area contributed by atoms with Gasteiger partial charge in [-0.1, -0.05) is 0 Å². The number of nitrogens with zero attached hydrogens (tertiary/aromatic N) is 8. The molecule has 1 aliphatic rings. The third-order valence-electron chi connectivity index (χ3n) is 5.87. The highest BCUT2D eigenvalue weighted by Crippen LogP contribution is 2.30. The van der Waals surface area contributed by atoms with Crippen molar-refractivity contribution in [2.24, 2.45) is 5.92 Å². The molecule has 0 spiro atoms. The van der Waals surface area contributed by atoms with Crippen molar-refractivity contribution in [3.63, 3.8) is 0 Å². The van der Waals surface area contributed by atoms with Gasteiger partial charge in [-0.05, 0) is 44.0 Å². The Kier molecular flexibility index (Phi) is 4.80. The summed E-state index contributed by atoms with van der Waals surface area (Å²) >= 11 is 0. The number of hydrogen-bond acceptors (Lipinski definition) is 8. The second-order valence-corrected chi connectivity index (χ2v) is 8.42. The van der Waals surface area contributed by atoms with Crippen LogP contribution in [0.15, 0.2) is 36.7 Å². The molecule has 1 aliphatic carbocycles. The molecule has 1 unspecified atom stereocenters. The highest BCUT2D eigenvalue weighted by molar-refractivity contribution is 5.93. The topological polar surface area (TPSA) is 140 Å². The number of carbonyl (C=O) groups is 1. The molecule has 5 heterocycles. The zero-order valence-electron chi connectivity index (χ0n) is 18.6. The lowest BCUT2D eigenvalue weighted by Crippen LogP contribution is -2.13. The van der Waals surface area contributed by atoms with E-state index in [-0.39, 0.29) is 17.7 Å². The van der Waals surface area contributed by atoms with Crippen molar-refractivity contribution in [3.05, 3.63) is 54.0 Å². The maximum atomic E-state index is 12.1. The molecule has 1 atom stereocenters. The fourth-order valence-corrected chi connectivity index (χ4v) is 3.86. The second kappa shape index (κ2) is 7.99. The molecule has 0 saturated heterocycles. The number of aromatic nitrogens is 9. The summed E-state index contributed by atoms with van der Waals surface area (Å²) in [6, 6.07) is 7.58. The number of nitrogens with one attached hydrogen (secondary N) is 2. The molecule has 1 amide bonds. The largest absolute Gasteiger partial charge is 0.377 e. The number of rotatable bonds is 7. The van der Waals surface area contributed by atoms with Crippen LogP contribution in [-0.4, -0.2) is 57.4 Å². The predicted molar refractivity (Wildman–Crippen MR) is 121 cm³/mol. The Morgan fingerprint density at radius 2 is 2.03 bits per heavy atom. The Bertz CT molecular complexity index is 1510. The molecule has 1 saturated carbocycles. The molecular weight excluding hydrogens is 436 g/mol.